The average Bonchev–Trinajstić information content (AvgIpc) is 3.26. The highest BCUT2D eigenvalue weighted by molar-refractivity contribution is 6.02. The van der Waals surface area contributed by atoms with Crippen LogP contribution in [0.15, 0.2) is 53.2 Å². The van der Waals surface area contributed by atoms with Crippen LogP contribution in [0.25, 0.3) is 0 Å². The van der Waals surface area contributed by atoms with Crippen molar-refractivity contribution < 1.29 is 18.9 Å². The fraction of sp³-hybridized carbons (Fsp3) is 0.118. The summed E-state index contributed by atoms with van der Waals surface area (Å²) in [6.45, 7) is 1.57. The van der Waals surface area contributed by atoms with Gasteiger partial charge in [-0.15, -0.1) is 0 Å². The molecule has 0 fully saturated rings. The molecule has 2 aromatic heterocycles. The predicted octanol–water partition coefficient (Wildman–Crippen LogP) is 2.64. The zero-order valence-electron chi connectivity index (χ0n) is 14.2. The Bertz CT molecular complexity index is 989. The molecular formula is C17H15N5O5. The lowest BCUT2D eigenvalue weighted by Gasteiger charge is -2.05. The maximum atomic E-state index is 12.2. The van der Waals surface area contributed by atoms with Crippen molar-refractivity contribution in [3.05, 3.63) is 70.4 Å². The lowest BCUT2D eigenvalue weighted by Crippen LogP contribution is -2.11. The van der Waals surface area contributed by atoms with Crippen molar-refractivity contribution in [3.8, 4) is 0 Å². The van der Waals surface area contributed by atoms with Gasteiger partial charge in [0.2, 0.25) is 5.91 Å². The van der Waals surface area contributed by atoms with E-state index < -0.39 is 10.8 Å². The minimum Gasteiger partial charge on any atom is -0.454 e. The van der Waals surface area contributed by atoms with E-state index in [2.05, 4.69) is 15.7 Å². The van der Waals surface area contributed by atoms with E-state index in [9.17, 15) is 19.7 Å². The summed E-state index contributed by atoms with van der Waals surface area (Å²) in [5, 5.41) is 19.8. The van der Waals surface area contributed by atoms with Crippen LogP contribution in [0, 0.1) is 10.1 Å². The Morgan fingerprint density at radius 3 is 2.41 bits per heavy atom. The highest BCUT2D eigenvalue weighted by Gasteiger charge is 2.14. The second-order valence-corrected chi connectivity index (χ2v) is 5.63. The smallest absolute Gasteiger partial charge is 0.307 e. The Hall–Kier alpha value is -3.95. The summed E-state index contributed by atoms with van der Waals surface area (Å²) in [5.41, 5.74) is 1.03. The normalized spacial score (nSPS) is 10.4. The number of rotatable bonds is 6. The number of benzene rings is 1. The van der Waals surface area contributed by atoms with Gasteiger partial charge in [-0.25, -0.2) is 0 Å². The first-order chi connectivity index (χ1) is 12.9. The number of carbonyl (C=O) groups excluding carboxylic acids is 2. The fourth-order valence-electron chi connectivity index (χ4n) is 2.31. The van der Waals surface area contributed by atoms with Gasteiger partial charge in [-0.2, -0.15) is 5.10 Å². The Morgan fingerprint density at radius 1 is 1.15 bits per heavy atom. The molecule has 3 rings (SSSR count). The van der Waals surface area contributed by atoms with Crippen molar-refractivity contribution in [2.45, 2.75) is 13.5 Å². The van der Waals surface area contributed by atoms with Crippen molar-refractivity contribution in [2.75, 3.05) is 10.6 Å². The summed E-state index contributed by atoms with van der Waals surface area (Å²) in [5.74, 6) is -0.103. The Balaban J connectivity index is 1.62. The lowest BCUT2D eigenvalue weighted by molar-refractivity contribution is -0.385. The molecule has 0 bridgehead atoms. The third-order valence-electron chi connectivity index (χ3n) is 3.50. The number of nitrogens with one attached hydrogen (secondary N) is 2. The summed E-state index contributed by atoms with van der Waals surface area (Å²) in [7, 11) is 0. The molecule has 2 amide bonds. The van der Waals surface area contributed by atoms with Crippen LogP contribution in [0.3, 0.4) is 0 Å². The van der Waals surface area contributed by atoms with Crippen LogP contribution in [0.1, 0.15) is 23.2 Å². The number of amides is 2. The largest absolute Gasteiger partial charge is 0.454 e. The first-order valence-electron chi connectivity index (χ1n) is 7.85. The molecule has 138 valence electrons. The number of hydrogen-bond donors (Lipinski definition) is 2. The molecule has 2 N–H and O–H groups in total. The van der Waals surface area contributed by atoms with E-state index in [0.29, 0.717) is 17.1 Å². The Labute approximate surface area is 152 Å². The third kappa shape index (κ3) is 4.57. The minimum absolute atomic E-state index is 0.0950. The van der Waals surface area contributed by atoms with Crippen molar-refractivity contribution in [1.29, 1.82) is 0 Å². The van der Waals surface area contributed by atoms with Crippen LogP contribution < -0.4 is 10.6 Å². The zero-order valence-corrected chi connectivity index (χ0v) is 14.2. The number of nitrogens with zero attached hydrogens (tertiary/aromatic N) is 3. The molecule has 0 aliphatic rings. The first-order valence-corrected chi connectivity index (χ1v) is 7.85. The van der Waals surface area contributed by atoms with Crippen LogP contribution >= 0.6 is 0 Å². The van der Waals surface area contributed by atoms with Gasteiger partial charge in [0, 0.05) is 18.3 Å². The molecule has 0 saturated carbocycles. The maximum absolute atomic E-state index is 12.2. The monoisotopic (exact) mass is 369 g/mol. The summed E-state index contributed by atoms with van der Waals surface area (Å²) in [4.78, 5) is 33.4. The molecule has 0 spiro atoms. The van der Waals surface area contributed by atoms with Gasteiger partial charge in [0.15, 0.2) is 5.76 Å². The summed E-state index contributed by atoms with van der Waals surface area (Å²) in [6, 6.07) is 9.73. The van der Waals surface area contributed by atoms with Gasteiger partial charge in [0.1, 0.15) is 18.2 Å². The van der Waals surface area contributed by atoms with E-state index in [0.717, 1.165) is 6.20 Å². The van der Waals surface area contributed by atoms with Gasteiger partial charge in [-0.3, -0.25) is 24.4 Å². The molecule has 10 heteroatoms. The molecule has 0 saturated heterocycles. The average molecular weight is 369 g/mol. The molecule has 1 aromatic carbocycles. The van der Waals surface area contributed by atoms with E-state index in [1.807, 2.05) is 0 Å². The topological polar surface area (TPSA) is 132 Å². The highest BCUT2D eigenvalue weighted by Crippen LogP contribution is 2.17. The van der Waals surface area contributed by atoms with Crippen molar-refractivity contribution >= 4 is 28.9 Å². The second kappa shape index (κ2) is 7.52. The zero-order chi connectivity index (χ0) is 19.4. The number of carbonyl (C=O) groups is 2. The maximum Gasteiger partial charge on any atom is 0.307 e. The molecular weight excluding hydrogens is 354 g/mol. The quantitative estimate of drug-likeness (QED) is 0.507. The van der Waals surface area contributed by atoms with E-state index in [1.165, 1.54) is 23.9 Å². The number of aromatic nitrogens is 2. The highest BCUT2D eigenvalue weighted by atomic mass is 16.6. The second-order valence-electron chi connectivity index (χ2n) is 5.63. The molecule has 3 aromatic rings. The van der Waals surface area contributed by atoms with Crippen LogP contribution in [0.2, 0.25) is 0 Å². The van der Waals surface area contributed by atoms with Gasteiger partial charge >= 0.3 is 5.69 Å². The van der Waals surface area contributed by atoms with Gasteiger partial charge in [-0.1, -0.05) is 0 Å². The molecule has 0 radical (unpaired) electrons. The SMILES string of the molecule is CC(=O)Nc1ccc(NC(=O)c2ccc(Cn3cc([N+](=O)[O-])cn3)o2)cc1. The molecule has 0 aliphatic carbocycles. The lowest BCUT2D eigenvalue weighted by atomic mass is 10.2. The molecule has 2 heterocycles. The van der Waals surface area contributed by atoms with E-state index in [-0.39, 0.29) is 23.9 Å². The van der Waals surface area contributed by atoms with E-state index in [4.69, 9.17) is 4.42 Å². The number of hydrogen-bond acceptors (Lipinski definition) is 6. The van der Waals surface area contributed by atoms with Crippen LogP contribution in [0.5, 0.6) is 0 Å². The molecule has 10 nitrogen and oxygen atoms in total. The number of furan rings is 1. The van der Waals surface area contributed by atoms with E-state index in [1.54, 1.807) is 30.3 Å². The molecule has 0 unspecified atom stereocenters. The van der Waals surface area contributed by atoms with Gasteiger partial charge < -0.3 is 15.1 Å². The van der Waals surface area contributed by atoms with Crippen LogP contribution in [0.4, 0.5) is 17.1 Å². The summed E-state index contributed by atoms with van der Waals surface area (Å²) >= 11 is 0. The number of anilines is 2. The van der Waals surface area contributed by atoms with E-state index >= 15 is 0 Å². The van der Waals surface area contributed by atoms with Crippen molar-refractivity contribution in [3.63, 3.8) is 0 Å². The third-order valence-corrected chi connectivity index (χ3v) is 3.50. The summed E-state index contributed by atoms with van der Waals surface area (Å²) in [6.07, 6.45) is 2.42. The van der Waals surface area contributed by atoms with Crippen LogP contribution in [-0.2, 0) is 11.3 Å². The van der Waals surface area contributed by atoms with Crippen LogP contribution in [-0.4, -0.2) is 26.5 Å². The fourth-order valence-corrected chi connectivity index (χ4v) is 2.31. The molecule has 0 atom stereocenters. The predicted molar refractivity (Wildman–Crippen MR) is 95.4 cm³/mol. The molecule has 0 aliphatic heterocycles. The Morgan fingerprint density at radius 2 is 1.81 bits per heavy atom. The molecule has 27 heavy (non-hydrogen) atoms. The van der Waals surface area contributed by atoms with Crippen molar-refractivity contribution in [2.24, 2.45) is 0 Å². The Kier molecular flexibility index (Phi) is 4.97. The van der Waals surface area contributed by atoms with Gasteiger partial charge in [0.05, 0.1) is 11.5 Å². The van der Waals surface area contributed by atoms with Gasteiger partial charge in [0.25, 0.3) is 5.91 Å². The summed E-state index contributed by atoms with van der Waals surface area (Å²) < 4.78 is 6.81. The van der Waals surface area contributed by atoms with Gasteiger partial charge in [-0.05, 0) is 36.4 Å². The minimum atomic E-state index is -0.540. The van der Waals surface area contributed by atoms with Crippen molar-refractivity contribution in [1.82, 2.24) is 9.78 Å². The number of nitro groups is 1. The standard InChI is InChI=1S/C17H15N5O5/c1-11(23)19-12-2-4-13(5-3-12)20-17(24)16-7-6-15(27-16)10-21-9-14(8-18-21)22(25)26/h2-9H,10H2,1H3,(H,19,23)(H,20,24). The first kappa shape index (κ1) is 17.9.